The van der Waals surface area contributed by atoms with Gasteiger partial charge in [-0.3, -0.25) is 19.2 Å². The van der Waals surface area contributed by atoms with E-state index in [1.807, 2.05) is 30.3 Å². The molecule has 0 spiro atoms. The molecule has 5 N–H and O–H groups in total. The predicted octanol–water partition coefficient (Wildman–Crippen LogP) is 4.42. The second-order valence-electron chi connectivity index (χ2n) is 11.6. The van der Waals surface area contributed by atoms with Crippen molar-refractivity contribution in [3.8, 4) is 0 Å². The summed E-state index contributed by atoms with van der Waals surface area (Å²) in [6.07, 6.45) is 3.39. The maximum Gasteiger partial charge on any atom is 0.271 e. The summed E-state index contributed by atoms with van der Waals surface area (Å²) >= 11 is 2.66. The number of nitrogens with zero attached hydrogens (tertiary/aromatic N) is 3. The quantitative estimate of drug-likeness (QED) is 0.286. The average molecular weight is 690 g/mol. The van der Waals surface area contributed by atoms with Crippen molar-refractivity contribution in [1.82, 2.24) is 30.8 Å². The first kappa shape index (κ1) is 37.1. The number of thiazole rings is 2. The fourth-order valence-corrected chi connectivity index (χ4v) is 6.82. The third kappa shape index (κ3) is 11.1. The van der Waals surface area contributed by atoms with Crippen LogP contribution >= 0.6 is 35.1 Å². The molecule has 11 nitrogen and oxygen atoms in total. The molecule has 0 saturated heterocycles. The molecule has 1 unspecified atom stereocenters. The zero-order valence-electron chi connectivity index (χ0n) is 26.3. The predicted molar refractivity (Wildman–Crippen MR) is 183 cm³/mol. The van der Waals surface area contributed by atoms with E-state index in [2.05, 4.69) is 39.8 Å². The highest BCUT2D eigenvalue weighted by Gasteiger charge is 2.25. The number of benzene rings is 1. The van der Waals surface area contributed by atoms with Gasteiger partial charge in [0.1, 0.15) is 21.4 Å². The van der Waals surface area contributed by atoms with Crippen molar-refractivity contribution >= 4 is 58.7 Å². The standard InChI is InChI=1S/C32H43N7O4S2.ClH/c1-21(2)17-23-31-38-26(20-45-31)30(43)36-24(18-22-9-4-3-5-10-22)32-37-25(19-44-32)29(42)34-14-8-16-39(28(41)12-6-13-33)15-7-11-27(40)35-23;/h3-5,9-10,19-21,23-24H,6-8,11-18,33H2,1-2H3,(H,34,42)(H,35,40)(H,36,43);1H/t23?,24-;/m0./s1. The van der Waals surface area contributed by atoms with Crippen LogP contribution in [0.4, 0.5) is 0 Å². The summed E-state index contributed by atoms with van der Waals surface area (Å²) in [5.41, 5.74) is 7.18. The maximum atomic E-state index is 13.5. The van der Waals surface area contributed by atoms with Crippen LogP contribution in [0.3, 0.4) is 0 Å². The summed E-state index contributed by atoms with van der Waals surface area (Å²) in [7, 11) is 0. The van der Waals surface area contributed by atoms with Gasteiger partial charge in [0.2, 0.25) is 11.8 Å². The maximum absolute atomic E-state index is 13.5. The van der Waals surface area contributed by atoms with Crippen molar-refractivity contribution in [2.45, 2.75) is 70.9 Å². The van der Waals surface area contributed by atoms with E-state index in [1.165, 1.54) is 22.7 Å². The van der Waals surface area contributed by atoms with Crippen LogP contribution in [-0.2, 0) is 16.0 Å². The van der Waals surface area contributed by atoms with Gasteiger partial charge in [-0.2, -0.15) is 0 Å². The lowest BCUT2D eigenvalue weighted by atomic mass is 10.0. The van der Waals surface area contributed by atoms with Crippen LogP contribution in [0.2, 0.25) is 0 Å². The Bertz CT molecular complexity index is 1430. The van der Waals surface area contributed by atoms with Gasteiger partial charge in [0.25, 0.3) is 11.8 Å². The molecule has 1 aromatic carbocycles. The molecular weight excluding hydrogens is 646 g/mol. The van der Waals surface area contributed by atoms with E-state index >= 15 is 0 Å². The van der Waals surface area contributed by atoms with Gasteiger partial charge in [-0.1, -0.05) is 44.2 Å². The topological polar surface area (TPSA) is 159 Å². The van der Waals surface area contributed by atoms with Crippen LogP contribution in [0, 0.1) is 5.92 Å². The number of halogens is 1. The van der Waals surface area contributed by atoms with Crippen LogP contribution in [0.1, 0.15) is 101 Å². The van der Waals surface area contributed by atoms with Crippen molar-refractivity contribution in [3.63, 3.8) is 0 Å². The van der Waals surface area contributed by atoms with Gasteiger partial charge >= 0.3 is 0 Å². The lowest BCUT2D eigenvalue weighted by Gasteiger charge is -2.23. The number of hydrogen-bond acceptors (Lipinski definition) is 9. The lowest BCUT2D eigenvalue weighted by Crippen LogP contribution is -2.36. The minimum absolute atomic E-state index is 0. The Morgan fingerprint density at radius 3 is 2.28 bits per heavy atom. The Kier molecular flexibility index (Phi) is 15.1. The molecule has 0 fully saturated rings. The smallest absolute Gasteiger partial charge is 0.271 e. The molecule has 46 heavy (non-hydrogen) atoms. The monoisotopic (exact) mass is 689 g/mol. The molecular formula is C32H44ClN7O4S2. The molecule has 2 aromatic heterocycles. The highest BCUT2D eigenvalue weighted by molar-refractivity contribution is 7.10. The van der Waals surface area contributed by atoms with Gasteiger partial charge in [-0.25, -0.2) is 9.97 Å². The number of fused-ring (bicyclic) bond motifs is 4. The fourth-order valence-electron chi connectivity index (χ4n) is 5.11. The van der Waals surface area contributed by atoms with Crippen LogP contribution in [0.5, 0.6) is 0 Å². The van der Waals surface area contributed by atoms with Crippen LogP contribution in [0.15, 0.2) is 41.1 Å². The van der Waals surface area contributed by atoms with E-state index in [4.69, 9.17) is 5.73 Å². The van der Waals surface area contributed by atoms with E-state index in [-0.39, 0.29) is 65.8 Å². The van der Waals surface area contributed by atoms with Crippen molar-refractivity contribution in [2.75, 3.05) is 26.2 Å². The molecule has 14 heteroatoms. The molecule has 4 bridgehead atoms. The molecule has 2 atom stereocenters. The molecule has 0 aliphatic carbocycles. The second kappa shape index (κ2) is 18.7. The first-order valence-electron chi connectivity index (χ1n) is 15.5. The SMILES string of the molecule is CC(C)CC1NC(=O)CCCN(C(=O)CCCN)CCCNC(=O)c2csc(n2)[C@H](Cc2ccccc2)NC(=O)c2csc1n2.Cl. The molecule has 4 rings (SSSR count). The minimum atomic E-state index is -0.482. The van der Waals surface area contributed by atoms with Gasteiger partial charge in [0.15, 0.2) is 0 Å². The second-order valence-corrected chi connectivity index (χ2v) is 13.4. The molecule has 3 heterocycles. The van der Waals surface area contributed by atoms with Crippen molar-refractivity contribution in [3.05, 3.63) is 68.1 Å². The van der Waals surface area contributed by atoms with Gasteiger partial charge in [0, 0.05) is 43.2 Å². The highest BCUT2D eigenvalue weighted by atomic mass is 35.5. The number of hydrogen-bond donors (Lipinski definition) is 4. The third-order valence-corrected chi connectivity index (χ3v) is 9.32. The van der Waals surface area contributed by atoms with E-state index in [9.17, 15) is 19.2 Å². The number of amides is 4. The number of nitrogens with one attached hydrogen (secondary N) is 3. The van der Waals surface area contributed by atoms with E-state index in [0.717, 1.165) is 5.56 Å². The highest BCUT2D eigenvalue weighted by Crippen LogP contribution is 2.27. The molecule has 1 aliphatic rings. The fraction of sp³-hybridized carbons (Fsp3) is 0.500. The molecule has 1 aliphatic heterocycles. The van der Waals surface area contributed by atoms with Crippen LogP contribution in [-0.4, -0.2) is 64.7 Å². The first-order chi connectivity index (χ1) is 21.7. The van der Waals surface area contributed by atoms with Gasteiger partial charge in [-0.05, 0) is 50.1 Å². The van der Waals surface area contributed by atoms with Crippen molar-refractivity contribution < 1.29 is 19.2 Å². The van der Waals surface area contributed by atoms with Crippen molar-refractivity contribution in [1.29, 1.82) is 0 Å². The number of aromatic nitrogens is 2. The molecule has 0 saturated carbocycles. The Balaban J connectivity index is 0.00000576. The van der Waals surface area contributed by atoms with E-state index in [1.54, 1.807) is 15.7 Å². The van der Waals surface area contributed by atoms with E-state index in [0.29, 0.717) is 74.7 Å². The normalized spacial score (nSPS) is 18.5. The largest absolute Gasteiger partial charge is 0.351 e. The van der Waals surface area contributed by atoms with Crippen molar-refractivity contribution in [2.24, 2.45) is 11.7 Å². The molecule has 3 aromatic rings. The number of carbonyl (C=O) groups is 4. The minimum Gasteiger partial charge on any atom is -0.351 e. The molecule has 0 radical (unpaired) electrons. The van der Waals surface area contributed by atoms with Gasteiger partial charge in [0.05, 0.1) is 12.1 Å². The zero-order valence-corrected chi connectivity index (χ0v) is 28.8. The Hall–Kier alpha value is -3.39. The summed E-state index contributed by atoms with van der Waals surface area (Å²) in [6, 6.07) is 8.96. The van der Waals surface area contributed by atoms with E-state index < -0.39 is 6.04 Å². The average Bonchev–Trinajstić information content (AvgIpc) is 3.71. The van der Waals surface area contributed by atoms with Crippen LogP contribution in [0.25, 0.3) is 0 Å². The summed E-state index contributed by atoms with van der Waals surface area (Å²) in [5.74, 6) is -0.515. The summed E-state index contributed by atoms with van der Waals surface area (Å²) < 4.78 is 0. The Morgan fingerprint density at radius 2 is 1.61 bits per heavy atom. The summed E-state index contributed by atoms with van der Waals surface area (Å²) in [5, 5.41) is 13.8. The third-order valence-electron chi connectivity index (χ3n) is 7.41. The Morgan fingerprint density at radius 1 is 0.957 bits per heavy atom. The summed E-state index contributed by atoms with van der Waals surface area (Å²) in [6.45, 7) is 5.83. The van der Waals surface area contributed by atoms with Gasteiger partial charge < -0.3 is 26.6 Å². The number of carbonyl (C=O) groups excluding carboxylic acids is 4. The van der Waals surface area contributed by atoms with Gasteiger partial charge in [-0.15, -0.1) is 35.1 Å². The lowest BCUT2D eigenvalue weighted by molar-refractivity contribution is -0.132. The molecule has 4 amide bonds. The molecule has 250 valence electrons. The zero-order chi connectivity index (χ0) is 32.2. The number of rotatable bonds is 7. The first-order valence-corrected chi connectivity index (χ1v) is 17.3. The summed E-state index contributed by atoms with van der Waals surface area (Å²) in [4.78, 5) is 63.4. The Labute approximate surface area is 284 Å². The van der Waals surface area contributed by atoms with Crippen LogP contribution < -0.4 is 21.7 Å². The number of nitrogens with two attached hydrogens (primary N) is 1.